The second-order valence-electron chi connectivity index (χ2n) is 10.2. The number of anilines is 1. The summed E-state index contributed by atoms with van der Waals surface area (Å²) in [5, 5.41) is 14.2. The van der Waals surface area contributed by atoms with Gasteiger partial charge in [0.05, 0.1) is 11.3 Å². The number of piperazine rings is 1. The summed E-state index contributed by atoms with van der Waals surface area (Å²) in [5.41, 5.74) is 4.48. The van der Waals surface area contributed by atoms with Gasteiger partial charge in [-0.2, -0.15) is 0 Å². The van der Waals surface area contributed by atoms with Crippen molar-refractivity contribution in [2.24, 2.45) is 0 Å². The molecule has 1 amide bonds. The number of amides is 1. The van der Waals surface area contributed by atoms with E-state index < -0.39 is 0 Å². The first-order valence-corrected chi connectivity index (χ1v) is 13.0. The van der Waals surface area contributed by atoms with Crippen LogP contribution in [0.1, 0.15) is 46.6 Å². The number of nitrogens with zero attached hydrogens (tertiary/aromatic N) is 3. The predicted octanol–water partition coefficient (Wildman–Crippen LogP) is 3.24. The number of carbonyl (C=O) groups is 1. The van der Waals surface area contributed by atoms with Crippen molar-refractivity contribution in [3.8, 4) is 11.3 Å². The molecule has 0 atom stereocenters. The molecule has 0 unspecified atom stereocenters. The summed E-state index contributed by atoms with van der Waals surface area (Å²) in [4.78, 5) is 38.0. The van der Waals surface area contributed by atoms with E-state index >= 15 is 0 Å². The SMILES string of the molecule is Cc1ccc(CNC(=O)c2cc(-c3cccc(CN4CCN(C)CC4)c3)nc(NC(C)C)c2C=N)c(=O)[nH]1. The Morgan fingerprint density at radius 2 is 1.92 bits per heavy atom. The van der Waals surface area contributed by atoms with Gasteiger partial charge in [-0.15, -0.1) is 0 Å². The van der Waals surface area contributed by atoms with E-state index in [0.717, 1.165) is 50.2 Å². The maximum absolute atomic E-state index is 13.4. The molecule has 1 fully saturated rings. The summed E-state index contributed by atoms with van der Waals surface area (Å²) < 4.78 is 0. The number of carbonyl (C=O) groups excluding carboxylic acids is 1. The third-order valence-corrected chi connectivity index (χ3v) is 6.67. The number of aromatic nitrogens is 2. The van der Waals surface area contributed by atoms with Gasteiger partial charge in [-0.25, -0.2) is 4.98 Å². The number of hydrogen-bond donors (Lipinski definition) is 4. The third kappa shape index (κ3) is 6.73. The van der Waals surface area contributed by atoms with E-state index in [9.17, 15) is 9.59 Å². The average molecular weight is 516 g/mol. The van der Waals surface area contributed by atoms with Crippen molar-refractivity contribution in [2.75, 3.05) is 38.5 Å². The van der Waals surface area contributed by atoms with Crippen molar-refractivity contribution in [1.29, 1.82) is 5.41 Å². The van der Waals surface area contributed by atoms with Crippen LogP contribution in [0.3, 0.4) is 0 Å². The first kappa shape index (κ1) is 27.2. The monoisotopic (exact) mass is 515 g/mol. The molecule has 1 saturated heterocycles. The average Bonchev–Trinajstić information content (AvgIpc) is 2.88. The highest BCUT2D eigenvalue weighted by molar-refractivity contribution is 6.05. The Kier molecular flexibility index (Phi) is 8.70. The number of likely N-dealkylation sites (N-methyl/N-ethyl adjacent to an activating group) is 1. The zero-order chi connectivity index (χ0) is 27.2. The lowest BCUT2D eigenvalue weighted by Crippen LogP contribution is -2.43. The van der Waals surface area contributed by atoms with Gasteiger partial charge in [-0.1, -0.05) is 24.3 Å². The van der Waals surface area contributed by atoms with E-state index in [1.165, 1.54) is 5.56 Å². The van der Waals surface area contributed by atoms with Crippen LogP contribution in [-0.4, -0.2) is 71.2 Å². The Morgan fingerprint density at radius 3 is 2.61 bits per heavy atom. The summed E-state index contributed by atoms with van der Waals surface area (Å²) in [7, 11) is 2.15. The van der Waals surface area contributed by atoms with Crippen LogP contribution in [0.25, 0.3) is 11.3 Å². The van der Waals surface area contributed by atoms with E-state index in [0.29, 0.717) is 28.2 Å². The zero-order valence-corrected chi connectivity index (χ0v) is 22.6. The minimum atomic E-state index is -0.368. The number of H-pyrrole nitrogens is 1. The lowest BCUT2D eigenvalue weighted by molar-refractivity contribution is 0.0950. The maximum atomic E-state index is 13.4. The fourth-order valence-corrected chi connectivity index (χ4v) is 4.53. The van der Waals surface area contributed by atoms with Gasteiger partial charge in [0.1, 0.15) is 5.82 Å². The molecule has 0 aliphatic carbocycles. The molecule has 4 N–H and O–H groups in total. The molecule has 4 rings (SSSR count). The van der Waals surface area contributed by atoms with Gasteiger partial charge in [0.2, 0.25) is 0 Å². The molecular weight excluding hydrogens is 478 g/mol. The van der Waals surface area contributed by atoms with Gasteiger partial charge in [0, 0.05) is 73.9 Å². The van der Waals surface area contributed by atoms with Crippen LogP contribution in [0.15, 0.2) is 47.3 Å². The number of aromatic amines is 1. The minimum Gasteiger partial charge on any atom is -0.367 e. The van der Waals surface area contributed by atoms with E-state index in [1.54, 1.807) is 18.2 Å². The second-order valence-corrected chi connectivity index (χ2v) is 10.2. The molecule has 1 aliphatic heterocycles. The van der Waals surface area contributed by atoms with Gasteiger partial charge in [0.15, 0.2) is 0 Å². The molecule has 0 saturated carbocycles. The molecular formula is C29H37N7O2. The highest BCUT2D eigenvalue weighted by Crippen LogP contribution is 2.27. The summed E-state index contributed by atoms with van der Waals surface area (Å²) >= 11 is 0. The molecule has 0 bridgehead atoms. The number of rotatable bonds is 9. The van der Waals surface area contributed by atoms with Gasteiger partial charge < -0.3 is 25.9 Å². The molecule has 0 radical (unpaired) electrons. The van der Waals surface area contributed by atoms with Crippen molar-refractivity contribution < 1.29 is 4.79 Å². The number of nitrogens with one attached hydrogen (secondary N) is 4. The third-order valence-electron chi connectivity index (χ3n) is 6.67. The van der Waals surface area contributed by atoms with Crippen LogP contribution < -0.4 is 16.2 Å². The summed E-state index contributed by atoms with van der Waals surface area (Å²) in [5.74, 6) is 0.114. The van der Waals surface area contributed by atoms with Crippen LogP contribution in [0.4, 0.5) is 5.82 Å². The topological polar surface area (TPSA) is 117 Å². The van der Waals surface area contributed by atoms with E-state index in [1.807, 2.05) is 32.9 Å². The minimum absolute atomic E-state index is 0.0574. The number of hydrogen-bond acceptors (Lipinski definition) is 7. The summed E-state index contributed by atoms with van der Waals surface area (Å²) in [6.45, 7) is 10.9. The van der Waals surface area contributed by atoms with Crippen LogP contribution in [0.2, 0.25) is 0 Å². The summed E-state index contributed by atoms with van der Waals surface area (Å²) in [6, 6.07) is 13.6. The zero-order valence-electron chi connectivity index (χ0n) is 22.6. The maximum Gasteiger partial charge on any atom is 0.253 e. The molecule has 0 spiro atoms. The molecule has 2 aromatic heterocycles. The first-order chi connectivity index (χ1) is 18.2. The first-order valence-electron chi connectivity index (χ1n) is 13.0. The molecule has 9 nitrogen and oxygen atoms in total. The molecule has 1 aromatic carbocycles. The van der Waals surface area contributed by atoms with Crippen molar-refractivity contribution in [1.82, 2.24) is 25.1 Å². The van der Waals surface area contributed by atoms with Crippen molar-refractivity contribution in [3.63, 3.8) is 0 Å². The Balaban J connectivity index is 1.64. The smallest absolute Gasteiger partial charge is 0.253 e. The lowest BCUT2D eigenvalue weighted by atomic mass is 10.0. The molecule has 9 heteroatoms. The Hall–Kier alpha value is -3.82. The van der Waals surface area contributed by atoms with Gasteiger partial charge in [0.25, 0.3) is 11.5 Å². The molecule has 1 aliphatic rings. The van der Waals surface area contributed by atoms with Gasteiger partial charge in [-0.05, 0) is 51.6 Å². The number of pyridine rings is 2. The van der Waals surface area contributed by atoms with E-state index in [2.05, 4.69) is 44.6 Å². The number of aryl methyl sites for hydroxylation is 1. The van der Waals surface area contributed by atoms with Crippen LogP contribution in [0.5, 0.6) is 0 Å². The van der Waals surface area contributed by atoms with Gasteiger partial charge in [-0.3, -0.25) is 14.5 Å². The van der Waals surface area contributed by atoms with Crippen LogP contribution in [-0.2, 0) is 13.1 Å². The van der Waals surface area contributed by atoms with Crippen LogP contribution in [0, 0.1) is 12.3 Å². The fourth-order valence-electron chi connectivity index (χ4n) is 4.53. The molecule has 3 aromatic rings. The predicted molar refractivity (Wildman–Crippen MR) is 152 cm³/mol. The Labute approximate surface area is 223 Å². The normalized spacial score (nSPS) is 14.4. The molecule has 200 valence electrons. The lowest BCUT2D eigenvalue weighted by Gasteiger charge is -2.32. The fraction of sp³-hybridized carbons (Fsp3) is 0.379. The molecule has 3 heterocycles. The highest BCUT2D eigenvalue weighted by atomic mass is 16.1. The van der Waals surface area contributed by atoms with E-state index in [4.69, 9.17) is 10.4 Å². The van der Waals surface area contributed by atoms with Crippen LogP contribution >= 0.6 is 0 Å². The largest absolute Gasteiger partial charge is 0.367 e. The second kappa shape index (κ2) is 12.1. The van der Waals surface area contributed by atoms with Crippen molar-refractivity contribution in [2.45, 2.75) is 39.9 Å². The van der Waals surface area contributed by atoms with Gasteiger partial charge >= 0.3 is 0 Å². The highest BCUT2D eigenvalue weighted by Gasteiger charge is 2.20. The number of benzene rings is 1. The van der Waals surface area contributed by atoms with Crippen molar-refractivity contribution >= 4 is 17.9 Å². The Bertz CT molecular complexity index is 1360. The Morgan fingerprint density at radius 1 is 1.16 bits per heavy atom. The van der Waals surface area contributed by atoms with E-state index in [-0.39, 0.29) is 24.1 Å². The summed E-state index contributed by atoms with van der Waals surface area (Å²) in [6.07, 6.45) is 1.15. The standard InChI is InChI=1S/C29H37N7O2/c1-19(2)32-27-25(16-30)24(29(38)31-17-23-9-8-20(3)33-28(23)37)15-26(34-27)22-7-5-6-21(14-22)18-36-12-10-35(4)11-13-36/h5-9,14-16,19,30H,10-13,17-18H2,1-4H3,(H,31,38)(H,32,34)(H,33,37). The molecule has 38 heavy (non-hydrogen) atoms. The van der Waals surface area contributed by atoms with Crippen molar-refractivity contribution in [3.05, 3.63) is 80.8 Å². The quantitative estimate of drug-likeness (QED) is 0.325.